The molecular weight excluding hydrogens is 234 g/mol. The van der Waals surface area contributed by atoms with E-state index in [0.717, 1.165) is 19.3 Å². The highest BCUT2D eigenvalue weighted by atomic mass is 16.2. The molecule has 0 aliphatic carbocycles. The number of hydrogen-bond acceptors (Lipinski definition) is 1. The number of allylic oxidation sites excluding steroid dienone is 3. The zero-order valence-electron chi connectivity index (χ0n) is 13.2. The predicted octanol–water partition coefficient (Wildman–Crippen LogP) is 4.70. The van der Waals surface area contributed by atoms with Gasteiger partial charge in [0.05, 0.1) is 0 Å². The van der Waals surface area contributed by atoms with Gasteiger partial charge in [0.15, 0.2) is 0 Å². The van der Waals surface area contributed by atoms with Crippen LogP contribution in [0.25, 0.3) is 0 Å². The largest absolute Gasteiger partial charge is 0.316 e. The molecule has 0 aromatic carbocycles. The lowest BCUT2D eigenvalue weighted by atomic mass is 10.1. The van der Waals surface area contributed by atoms with Crippen LogP contribution in [0.15, 0.2) is 36.1 Å². The number of rotatable bonds is 8. The van der Waals surface area contributed by atoms with Gasteiger partial charge in [0.1, 0.15) is 0 Å². The number of amides is 1. The second-order valence-electron chi connectivity index (χ2n) is 5.35. The molecule has 1 atom stereocenters. The number of nitrogens with zero attached hydrogens (tertiary/aromatic N) is 1. The molecule has 2 nitrogen and oxygen atoms in total. The molecule has 19 heavy (non-hydrogen) atoms. The molecular formula is C17H29NO. The van der Waals surface area contributed by atoms with Crippen LogP contribution in [0.2, 0.25) is 0 Å². The molecule has 0 rings (SSSR count). The summed E-state index contributed by atoms with van der Waals surface area (Å²) in [5, 5.41) is 0. The minimum atomic E-state index is 0.0670. The van der Waals surface area contributed by atoms with Gasteiger partial charge in [0.25, 0.3) is 0 Å². The quantitative estimate of drug-likeness (QED) is 0.581. The van der Waals surface area contributed by atoms with Gasteiger partial charge < -0.3 is 4.90 Å². The van der Waals surface area contributed by atoms with Crippen molar-refractivity contribution >= 4 is 5.91 Å². The van der Waals surface area contributed by atoms with Gasteiger partial charge in [0.2, 0.25) is 5.91 Å². The van der Waals surface area contributed by atoms with E-state index < -0.39 is 0 Å². The van der Waals surface area contributed by atoms with Crippen molar-refractivity contribution in [2.75, 3.05) is 6.54 Å². The maximum atomic E-state index is 12.0. The minimum absolute atomic E-state index is 0.0670. The van der Waals surface area contributed by atoms with Crippen LogP contribution in [0.4, 0.5) is 0 Å². The second kappa shape index (κ2) is 9.60. The van der Waals surface area contributed by atoms with Crippen molar-refractivity contribution in [3.05, 3.63) is 36.1 Å². The van der Waals surface area contributed by atoms with E-state index >= 15 is 0 Å². The first-order valence-electron chi connectivity index (χ1n) is 7.14. The first-order valence-corrected chi connectivity index (χ1v) is 7.14. The third-order valence-electron chi connectivity index (χ3n) is 3.27. The predicted molar refractivity (Wildman–Crippen MR) is 83.8 cm³/mol. The Bertz CT molecular complexity index is 348. The third kappa shape index (κ3) is 7.66. The summed E-state index contributed by atoms with van der Waals surface area (Å²) < 4.78 is 0. The maximum absolute atomic E-state index is 12.0. The summed E-state index contributed by atoms with van der Waals surface area (Å²) in [5.41, 5.74) is 2.67. The highest BCUT2D eigenvalue weighted by Crippen LogP contribution is 2.10. The highest BCUT2D eigenvalue weighted by molar-refractivity contribution is 5.79. The van der Waals surface area contributed by atoms with Crippen LogP contribution in [0.5, 0.6) is 0 Å². The lowest BCUT2D eigenvalue weighted by Gasteiger charge is -2.20. The molecule has 0 bridgehead atoms. The fourth-order valence-corrected chi connectivity index (χ4v) is 1.66. The zero-order valence-corrected chi connectivity index (χ0v) is 13.2. The van der Waals surface area contributed by atoms with Crippen molar-refractivity contribution in [3.63, 3.8) is 0 Å². The Morgan fingerprint density at radius 2 is 1.89 bits per heavy atom. The van der Waals surface area contributed by atoms with E-state index in [4.69, 9.17) is 0 Å². The maximum Gasteiger partial charge on any atom is 0.229 e. The molecule has 0 aromatic rings. The zero-order chi connectivity index (χ0) is 14.8. The van der Waals surface area contributed by atoms with Crippen LogP contribution in [0.3, 0.4) is 0 Å². The van der Waals surface area contributed by atoms with Gasteiger partial charge >= 0.3 is 0 Å². The molecule has 2 heteroatoms. The van der Waals surface area contributed by atoms with E-state index in [0.29, 0.717) is 6.54 Å². The normalized spacial score (nSPS) is 12.8. The van der Waals surface area contributed by atoms with E-state index in [1.165, 1.54) is 11.1 Å². The summed E-state index contributed by atoms with van der Waals surface area (Å²) in [5.74, 6) is 0.225. The first-order chi connectivity index (χ1) is 8.92. The number of carbonyl (C=O) groups excluding carboxylic acids is 1. The summed E-state index contributed by atoms with van der Waals surface area (Å²) in [4.78, 5) is 13.7. The summed E-state index contributed by atoms with van der Waals surface area (Å²) in [7, 11) is 0. The molecule has 0 aliphatic heterocycles. The Kier molecular flexibility index (Phi) is 8.94. The van der Waals surface area contributed by atoms with Gasteiger partial charge in [-0.1, -0.05) is 43.7 Å². The Morgan fingerprint density at radius 3 is 2.37 bits per heavy atom. The first kappa shape index (κ1) is 17.7. The molecule has 0 fully saturated rings. The average Bonchev–Trinajstić information content (AvgIpc) is 2.37. The van der Waals surface area contributed by atoms with Crippen molar-refractivity contribution in [2.45, 2.75) is 53.9 Å². The Morgan fingerprint density at radius 1 is 1.26 bits per heavy atom. The van der Waals surface area contributed by atoms with Crippen molar-refractivity contribution < 1.29 is 4.79 Å². The Labute approximate surface area is 118 Å². The summed E-state index contributed by atoms with van der Waals surface area (Å²) >= 11 is 0. The Hall–Kier alpha value is -1.31. The molecule has 0 N–H and O–H groups in total. The van der Waals surface area contributed by atoms with Crippen LogP contribution in [-0.2, 0) is 4.79 Å². The molecule has 1 unspecified atom stereocenters. The summed E-state index contributed by atoms with van der Waals surface area (Å²) in [6.45, 7) is 14.7. The van der Waals surface area contributed by atoms with Crippen molar-refractivity contribution in [3.8, 4) is 0 Å². The van der Waals surface area contributed by atoms with E-state index in [-0.39, 0.29) is 11.8 Å². The summed E-state index contributed by atoms with van der Waals surface area (Å²) in [6, 6.07) is 0. The number of carbonyl (C=O) groups is 1. The monoisotopic (exact) mass is 263 g/mol. The van der Waals surface area contributed by atoms with Gasteiger partial charge in [-0.3, -0.25) is 4.79 Å². The topological polar surface area (TPSA) is 20.3 Å². The van der Waals surface area contributed by atoms with Crippen molar-refractivity contribution in [2.24, 2.45) is 5.92 Å². The van der Waals surface area contributed by atoms with Crippen LogP contribution >= 0.6 is 0 Å². The third-order valence-corrected chi connectivity index (χ3v) is 3.27. The molecule has 0 spiro atoms. The number of hydrogen-bond donors (Lipinski definition) is 0. The minimum Gasteiger partial charge on any atom is -0.316 e. The fourth-order valence-electron chi connectivity index (χ4n) is 1.66. The molecule has 0 saturated carbocycles. The van der Waals surface area contributed by atoms with Crippen molar-refractivity contribution in [1.29, 1.82) is 0 Å². The molecule has 0 radical (unpaired) electrons. The van der Waals surface area contributed by atoms with E-state index in [1.54, 1.807) is 11.1 Å². The lowest BCUT2D eigenvalue weighted by Crippen LogP contribution is -2.30. The standard InChI is InChI=1S/C17H29NO/c1-7-16(6)17(19)18(8-2)13-12-15(5)11-9-10-14(3)4/h8,10,12,16H,2,7,9,11,13H2,1,3-6H3/b15-12+. The van der Waals surface area contributed by atoms with Gasteiger partial charge in [-0.25, -0.2) is 0 Å². The van der Waals surface area contributed by atoms with Crippen LogP contribution in [-0.4, -0.2) is 17.4 Å². The molecule has 0 aliphatic rings. The smallest absolute Gasteiger partial charge is 0.229 e. The van der Waals surface area contributed by atoms with E-state index in [1.807, 2.05) is 13.8 Å². The lowest BCUT2D eigenvalue weighted by molar-refractivity contribution is -0.131. The van der Waals surface area contributed by atoms with Gasteiger partial charge in [-0.15, -0.1) is 0 Å². The molecule has 0 aromatic heterocycles. The van der Waals surface area contributed by atoms with E-state index in [2.05, 4.69) is 39.5 Å². The molecule has 1 amide bonds. The fraction of sp³-hybridized carbons (Fsp3) is 0.588. The SMILES string of the molecule is C=CN(C/C=C(\C)CCC=C(C)C)C(=O)C(C)CC. The van der Waals surface area contributed by atoms with Gasteiger partial charge in [0, 0.05) is 12.5 Å². The van der Waals surface area contributed by atoms with Crippen LogP contribution < -0.4 is 0 Å². The summed E-state index contributed by atoms with van der Waals surface area (Å²) in [6.07, 6.45) is 8.99. The van der Waals surface area contributed by atoms with Gasteiger partial charge in [-0.2, -0.15) is 0 Å². The molecule has 108 valence electrons. The van der Waals surface area contributed by atoms with Gasteiger partial charge in [-0.05, 0) is 46.2 Å². The molecule has 0 saturated heterocycles. The Balaban J connectivity index is 4.36. The highest BCUT2D eigenvalue weighted by Gasteiger charge is 2.15. The molecule has 0 heterocycles. The average molecular weight is 263 g/mol. The van der Waals surface area contributed by atoms with Crippen LogP contribution in [0.1, 0.15) is 53.9 Å². The van der Waals surface area contributed by atoms with Crippen molar-refractivity contribution in [1.82, 2.24) is 4.90 Å². The van der Waals surface area contributed by atoms with Crippen LogP contribution in [0, 0.1) is 5.92 Å². The van der Waals surface area contributed by atoms with E-state index in [9.17, 15) is 4.79 Å². The second-order valence-corrected chi connectivity index (χ2v) is 5.35.